The Hall–Kier alpha value is -3.63. The zero-order valence-electron chi connectivity index (χ0n) is 28.4. The Bertz CT molecular complexity index is 1720. The van der Waals surface area contributed by atoms with Gasteiger partial charge in [-0.05, 0) is 71.0 Å². The van der Waals surface area contributed by atoms with Crippen LogP contribution in [-0.2, 0) is 9.36 Å². The van der Waals surface area contributed by atoms with Crippen molar-refractivity contribution in [2.24, 2.45) is 0 Å². The lowest BCUT2D eigenvalue weighted by atomic mass is 9.98. The first-order chi connectivity index (χ1) is 23.0. The lowest BCUT2D eigenvalue weighted by molar-refractivity contribution is -0.127. The number of piperazine rings is 1. The Morgan fingerprint density at radius 3 is 2.62 bits per heavy atom. The number of amides is 1. The lowest BCUT2D eigenvalue weighted by Gasteiger charge is -2.49. The average molecular weight is 693 g/mol. The van der Waals surface area contributed by atoms with E-state index in [1.165, 1.54) is 0 Å². The molecule has 48 heavy (non-hydrogen) atoms. The van der Waals surface area contributed by atoms with Crippen molar-refractivity contribution < 1.29 is 14.1 Å². The van der Waals surface area contributed by atoms with Crippen LogP contribution in [-0.4, -0.2) is 116 Å². The molecule has 3 aliphatic heterocycles. The van der Waals surface area contributed by atoms with Crippen molar-refractivity contribution in [2.45, 2.75) is 31.8 Å². The fraction of sp³-hybridized carbons (Fsp3) is 0.457. The number of aryl methyl sites for hydroxylation is 1. The minimum absolute atomic E-state index is 0.119. The highest BCUT2D eigenvalue weighted by atomic mass is 35.5. The molecular formula is C35H46ClN8O3P. The van der Waals surface area contributed by atoms with E-state index in [0.717, 1.165) is 80.1 Å². The van der Waals surface area contributed by atoms with Gasteiger partial charge < -0.3 is 34.6 Å². The SMILES string of the molecule is Cc1cc(Nc2ncc(Cl)c(Nc3ccccc3P(C)(C)=O)n2)cc2c1N1CCN(C3CCN(C(=O)/C=C/CN(C)C)CC3)C[C@H]1CO2. The molecule has 1 amide bonds. The van der Waals surface area contributed by atoms with Crippen molar-refractivity contribution in [3.63, 3.8) is 0 Å². The smallest absolute Gasteiger partial charge is 0.246 e. The maximum atomic E-state index is 12.9. The van der Waals surface area contributed by atoms with Crippen molar-refractivity contribution in [3.8, 4) is 5.75 Å². The third kappa shape index (κ3) is 7.81. The second-order valence-electron chi connectivity index (χ2n) is 13.5. The van der Waals surface area contributed by atoms with E-state index < -0.39 is 7.14 Å². The first-order valence-electron chi connectivity index (χ1n) is 16.6. The predicted molar refractivity (Wildman–Crippen MR) is 196 cm³/mol. The summed E-state index contributed by atoms with van der Waals surface area (Å²) < 4.78 is 19.3. The number of aromatic nitrogens is 2. The normalized spacial score (nSPS) is 18.9. The third-order valence-electron chi connectivity index (χ3n) is 9.26. The van der Waals surface area contributed by atoms with Crippen molar-refractivity contribution in [3.05, 3.63) is 65.3 Å². The number of likely N-dealkylation sites (N-methyl/N-ethyl adjacent to an activating group) is 1. The molecule has 13 heteroatoms. The largest absolute Gasteiger partial charge is 0.489 e. The summed E-state index contributed by atoms with van der Waals surface area (Å²) in [6.07, 6.45) is 7.21. The molecule has 0 aliphatic carbocycles. The summed E-state index contributed by atoms with van der Waals surface area (Å²) in [6.45, 7) is 11.5. The zero-order valence-corrected chi connectivity index (χ0v) is 30.1. The molecule has 2 saturated heterocycles. The summed E-state index contributed by atoms with van der Waals surface area (Å²) in [7, 11) is 1.47. The van der Waals surface area contributed by atoms with E-state index in [4.69, 9.17) is 16.3 Å². The number of ether oxygens (including phenoxy) is 1. The molecule has 4 heterocycles. The van der Waals surface area contributed by atoms with Gasteiger partial charge in [0.2, 0.25) is 11.9 Å². The van der Waals surface area contributed by atoms with Gasteiger partial charge in [-0.15, -0.1) is 0 Å². The number of hydrogen-bond acceptors (Lipinski definition) is 10. The summed E-state index contributed by atoms with van der Waals surface area (Å²) in [5.74, 6) is 1.78. The number of nitrogens with one attached hydrogen (secondary N) is 2. The Morgan fingerprint density at radius 1 is 1.10 bits per heavy atom. The number of fused-ring (bicyclic) bond motifs is 3. The van der Waals surface area contributed by atoms with Gasteiger partial charge in [0.05, 0.1) is 23.6 Å². The molecule has 11 nitrogen and oxygen atoms in total. The number of anilines is 5. The van der Waals surface area contributed by atoms with Crippen LogP contribution in [0.3, 0.4) is 0 Å². The molecular weight excluding hydrogens is 647 g/mol. The number of para-hydroxylation sites is 1. The third-order valence-corrected chi connectivity index (χ3v) is 11.1. The van der Waals surface area contributed by atoms with Crippen LogP contribution < -0.4 is 25.6 Å². The molecule has 2 N–H and O–H groups in total. The molecule has 0 saturated carbocycles. The first kappa shape index (κ1) is 34.2. The maximum absolute atomic E-state index is 12.9. The first-order valence-corrected chi connectivity index (χ1v) is 19.5. The van der Waals surface area contributed by atoms with Crippen LogP contribution >= 0.6 is 18.7 Å². The lowest BCUT2D eigenvalue weighted by Crippen LogP contribution is -2.60. The van der Waals surface area contributed by atoms with Gasteiger partial charge in [-0.25, -0.2) is 4.98 Å². The number of carbonyl (C=O) groups excluding carboxylic acids is 1. The molecule has 1 atom stereocenters. The minimum atomic E-state index is -2.53. The Balaban J connectivity index is 1.09. The van der Waals surface area contributed by atoms with E-state index in [1.54, 1.807) is 25.6 Å². The molecule has 0 bridgehead atoms. The topological polar surface area (TPSA) is 106 Å². The van der Waals surface area contributed by atoms with Crippen molar-refractivity contribution in [1.82, 2.24) is 24.7 Å². The number of nitrogens with zero attached hydrogens (tertiary/aromatic N) is 6. The van der Waals surface area contributed by atoms with E-state index in [9.17, 15) is 9.36 Å². The van der Waals surface area contributed by atoms with Crippen LogP contribution in [0.4, 0.5) is 28.8 Å². The van der Waals surface area contributed by atoms with Gasteiger partial charge in [0.25, 0.3) is 0 Å². The van der Waals surface area contributed by atoms with Gasteiger partial charge in [0.15, 0.2) is 5.82 Å². The molecule has 3 aliphatic rings. The zero-order chi connectivity index (χ0) is 34.0. The van der Waals surface area contributed by atoms with Gasteiger partial charge in [0.1, 0.15) is 24.5 Å². The Kier molecular flexibility index (Phi) is 10.3. The van der Waals surface area contributed by atoms with Crippen LogP contribution in [0.1, 0.15) is 18.4 Å². The van der Waals surface area contributed by atoms with E-state index in [1.807, 2.05) is 60.3 Å². The minimum Gasteiger partial charge on any atom is -0.489 e. The van der Waals surface area contributed by atoms with Crippen molar-refractivity contribution in [2.75, 3.05) is 88.8 Å². The monoisotopic (exact) mass is 692 g/mol. The number of rotatable bonds is 9. The summed E-state index contributed by atoms with van der Waals surface area (Å²) in [6, 6.07) is 12.4. The van der Waals surface area contributed by atoms with Gasteiger partial charge in [-0.3, -0.25) is 9.69 Å². The summed E-state index contributed by atoms with van der Waals surface area (Å²) >= 11 is 6.47. The van der Waals surface area contributed by atoms with Crippen LogP contribution in [0.25, 0.3) is 0 Å². The number of likely N-dealkylation sites (tertiary alicyclic amines) is 1. The Morgan fingerprint density at radius 2 is 1.88 bits per heavy atom. The average Bonchev–Trinajstić information content (AvgIpc) is 3.05. The second kappa shape index (κ2) is 14.5. The number of carbonyl (C=O) groups is 1. The number of piperidine rings is 1. The fourth-order valence-electron chi connectivity index (χ4n) is 6.87. The maximum Gasteiger partial charge on any atom is 0.246 e. The van der Waals surface area contributed by atoms with Gasteiger partial charge >= 0.3 is 0 Å². The molecule has 1 aromatic heterocycles. The van der Waals surface area contributed by atoms with Crippen LogP contribution in [0, 0.1) is 6.92 Å². The quantitative estimate of drug-likeness (QED) is 0.231. The van der Waals surface area contributed by atoms with E-state index >= 15 is 0 Å². The van der Waals surface area contributed by atoms with Gasteiger partial charge in [-0.1, -0.05) is 29.8 Å². The van der Waals surface area contributed by atoms with E-state index in [2.05, 4.69) is 43.4 Å². The second-order valence-corrected chi connectivity index (χ2v) is 17.1. The van der Waals surface area contributed by atoms with Gasteiger partial charge in [0, 0.05) is 68.4 Å². The molecule has 6 rings (SSSR count). The van der Waals surface area contributed by atoms with Crippen LogP contribution in [0.15, 0.2) is 54.7 Å². The summed E-state index contributed by atoms with van der Waals surface area (Å²) in [5.41, 5.74) is 3.78. The number of benzene rings is 2. The molecule has 0 unspecified atom stereocenters. The number of halogens is 1. The molecule has 0 spiro atoms. The van der Waals surface area contributed by atoms with E-state index in [0.29, 0.717) is 35.1 Å². The van der Waals surface area contributed by atoms with Gasteiger partial charge in [-0.2, -0.15) is 4.98 Å². The predicted octanol–water partition coefficient (Wildman–Crippen LogP) is 5.17. The molecule has 256 valence electrons. The van der Waals surface area contributed by atoms with Crippen LogP contribution in [0.2, 0.25) is 5.02 Å². The molecule has 2 fully saturated rings. The standard InChI is InChI=1S/C35H46ClN8O3P/c1-24-19-25(38-35-37-21-28(36)34(40-35)39-29-9-6-7-10-31(29)48(4,5)46)20-30-33(24)44-18-17-43(22-27(44)23-47-30)26-12-15-42(16-13-26)32(45)11-8-14-41(2)3/h6-11,19-21,26-27H,12-18,22-23H2,1-5H3,(H2,37,38,39,40)/b11-8+/t27-/m0/s1. The number of hydrogen-bond donors (Lipinski definition) is 2. The Labute approximate surface area is 288 Å². The highest BCUT2D eigenvalue weighted by Gasteiger charge is 2.37. The summed E-state index contributed by atoms with van der Waals surface area (Å²) in [4.78, 5) is 30.8. The highest BCUT2D eigenvalue weighted by Crippen LogP contribution is 2.42. The molecule has 3 aromatic rings. The van der Waals surface area contributed by atoms with Crippen molar-refractivity contribution in [1.29, 1.82) is 0 Å². The van der Waals surface area contributed by atoms with Crippen LogP contribution in [0.5, 0.6) is 5.75 Å². The fourth-order valence-corrected chi connectivity index (χ4v) is 8.17. The van der Waals surface area contributed by atoms with E-state index in [-0.39, 0.29) is 11.9 Å². The van der Waals surface area contributed by atoms with Crippen molar-refractivity contribution >= 4 is 58.8 Å². The molecule has 2 aromatic carbocycles. The summed E-state index contributed by atoms with van der Waals surface area (Å²) in [5, 5.41) is 7.68. The highest BCUT2D eigenvalue weighted by molar-refractivity contribution is 7.70. The molecule has 0 radical (unpaired) electrons.